The van der Waals surface area contributed by atoms with Crippen LogP contribution in [-0.4, -0.2) is 75.1 Å². The lowest BCUT2D eigenvalue weighted by atomic mass is 9.95. The molecule has 12 nitrogen and oxygen atoms in total. The molecule has 0 saturated carbocycles. The Labute approximate surface area is 195 Å². The Balaban J connectivity index is 2.06. The summed E-state index contributed by atoms with van der Waals surface area (Å²) in [7, 11) is 3.18. The summed E-state index contributed by atoms with van der Waals surface area (Å²) < 4.78 is 13.8. The van der Waals surface area contributed by atoms with E-state index >= 15 is 0 Å². The highest BCUT2D eigenvalue weighted by Gasteiger charge is 2.40. The monoisotopic (exact) mass is 477 g/mol. The molecular weight excluding hydrogens is 450 g/mol. The summed E-state index contributed by atoms with van der Waals surface area (Å²) >= 11 is 0. The van der Waals surface area contributed by atoms with Gasteiger partial charge in [-0.05, 0) is 5.56 Å². The zero-order valence-corrected chi connectivity index (χ0v) is 19.0. The second-order valence-electron chi connectivity index (χ2n) is 7.49. The number of carbonyl (C=O) groups excluding carboxylic acids is 6. The van der Waals surface area contributed by atoms with Crippen LogP contribution in [-0.2, 0) is 49.4 Å². The van der Waals surface area contributed by atoms with E-state index in [4.69, 9.17) is 0 Å². The molecule has 0 bridgehead atoms. The van der Waals surface area contributed by atoms with Gasteiger partial charge < -0.3 is 30.2 Å². The smallest absolute Gasteiger partial charge is 0.329 e. The molecule has 1 fully saturated rings. The number of piperazine rings is 1. The van der Waals surface area contributed by atoms with Crippen LogP contribution >= 0.6 is 0 Å². The molecule has 0 radical (unpaired) electrons. The molecule has 1 aliphatic rings. The van der Waals surface area contributed by atoms with Gasteiger partial charge in [-0.1, -0.05) is 30.3 Å². The van der Waals surface area contributed by atoms with Gasteiger partial charge in [-0.3, -0.25) is 24.0 Å². The first kappa shape index (κ1) is 26.3. The van der Waals surface area contributed by atoms with Gasteiger partial charge in [0.05, 0.1) is 40.1 Å². The van der Waals surface area contributed by atoms with E-state index < -0.39 is 72.5 Å². The minimum atomic E-state index is -1.59. The number of rotatable bonds is 10. The van der Waals surface area contributed by atoms with Crippen molar-refractivity contribution in [2.45, 2.75) is 37.4 Å². The van der Waals surface area contributed by atoms with Gasteiger partial charge in [0, 0.05) is 6.42 Å². The van der Waals surface area contributed by atoms with Crippen LogP contribution in [0, 0.1) is 5.92 Å². The first-order valence-corrected chi connectivity index (χ1v) is 10.4. The van der Waals surface area contributed by atoms with Crippen LogP contribution in [0.25, 0.3) is 0 Å². The highest BCUT2D eigenvalue weighted by molar-refractivity contribution is 6.00. The van der Waals surface area contributed by atoms with E-state index in [1.54, 1.807) is 0 Å². The lowest BCUT2D eigenvalue weighted by Gasteiger charge is -2.30. The molecule has 0 aliphatic carbocycles. The quantitative estimate of drug-likeness (QED) is 0.272. The summed E-state index contributed by atoms with van der Waals surface area (Å²) in [6.45, 7) is 0. The third-order valence-corrected chi connectivity index (χ3v) is 5.23. The summed E-state index contributed by atoms with van der Waals surface area (Å²) in [5, 5.41) is 7.37. The minimum Gasteiger partial charge on any atom is -0.469 e. The maximum atomic E-state index is 12.6. The molecule has 184 valence electrons. The van der Waals surface area contributed by atoms with E-state index in [0.29, 0.717) is 0 Å². The van der Waals surface area contributed by atoms with Crippen LogP contribution in [0.5, 0.6) is 0 Å². The van der Waals surface area contributed by atoms with E-state index in [9.17, 15) is 28.8 Å². The molecule has 34 heavy (non-hydrogen) atoms. The Morgan fingerprint density at radius 3 is 2.06 bits per heavy atom. The van der Waals surface area contributed by atoms with Gasteiger partial charge in [0.1, 0.15) is 18.1 Å². The van der Waals surface area contributed by atoms with Crippen LogP contribution in [0.1, 0.15) is 18.4 Å². The molecule has 0 aromatic heterocycles. The summed E-state index contributed by atoms with van der Waals surface area (Å²) in [4.78, 5) is 73.7. The third-order valence-electron chi connectivity index (χ3n) is 5.23. The lowest BCUT2D eigenvalue weighted by Crippen LogP contribution is -2.63. The number of nitrogens with one attached hydrogen (secondary N) is 3. The zero-order valence-electron chi connectivity index (χ0n) is 19.0. The fourth-order valence-electron chi connectivity index (χ4n) is 3.43. The first-order chi connectivity index (χ1) is 16.2. The second-order valence-corrected chi connectivity index (χ2v) is 7.49. The molecule has 12 heteroatoms. The van der Waals surface area contributed by atoms with Crippen molar-refractivity contribution in [2.24, 2.45) is 5.92 Å². The molecule has 0 spiro atoms. The van der Waals surface area contributed by atoms with Crippen LogP contribution in [0.15, 0.2) is 30.3 Å². The molecule has 0 unspecified atom stereocenters. The SMILES string of the molecule is COC(=O)C[C@@H](C(=O)OC)[C@H](NC(=O)C[C@@H]1NC(=O)[C@H](Cc2ccccc2)NC1=O)C(=O)OC. The summed E-state index contributed by atoms with van der Waals surface area (Å²) in [6.07, 6.45) is -0.809. The number of benzene rings is 1. The van der Waals surface area contributed by atoms with Crippen molar-refractivity contribution in [2.75, 3.05) is 21.3 Å². The molecule has 1 saturated heterocycles. The van der Waals surface area contributed by atoms with Crippen LogP contribution in [0.3, 0.4) is 0 Å². The Morgan fingerprint density at radius 1 is 0.882 bits per heavy atom. The highest BCUT2D eigenvalue weighted by atomic mass is 16.5. The maximum absolute atomic E-state index is 12.6. The molecule has 1 aliphatic heterocycles. The molecular formula is C22H27N3O9. The number of hydrogen-bond donors (Lipinski definition) is 3. The topological polar surface area (TPSA) is 166 Å². The fraction of sp³-hybridized carbons (Fsp3) is 0.455. The minimum absolute atomic E-state index is 0.274. The zero-order chi connectivity index (χ0) is 25.3. The average molecular weight is 477 g/mol. The Hall–Kier alpha value is -3.96. The normalized spacial score (nSPS) is 19.0. The Morgan fingerprint density at radius 2 is 1.47 bits per heavy atom. The van der Waals surface area contributed by atoms with Crippen LogP contribution in [0.4, 0.5) is 0 Å². The molecule has 1 aromatic carbocycles. The van der Waals surface area contributed by atoms with Crippen molar-refractivity contribution in [1.29, 1.82) is 0 Å². The van der Waals surface area contributed by atoms with Crippen LogP contribution < -0.4 is 16.0 Å². The van der Waals surface area contributed by atoms with Crippen molar-refractivity contribution in [3.63, 3.8) is 0 Å². The molecule has 3 amide bonds. The number of esters is 3. The van der Waals surface area contributed by atoms with Gasteiger partial charge >= 0.3 is 17.9 Å². The van der Waals surface area contributed by atoms with Gasteiger partial charge in [0.25, 0.3) is 0 Å². The summed E-state index contributed by atoms with van der Waals surface area (Å²) in [5.41, 5.74) is 0.847. The predicted molar refractivity (Wildman–Crippen MR) is 115 cm³/mol. The largest absolute Gasteiger partial charge is 0.469 e. The van der Waals surface area contributed by atoms with Crippen molar-refractivity contribution in [3.8, 4) is 0 Å². The highest BCUT2D eigenvalue weighted by Crippen LogP contribution is 2.15. The summed E-state index contributed by atoms with van der Waals surface area (Å²) in [5.74, 6) is -6.09. The molecule has 4 atom stereocenters. The fourth-order valence-corrected chi connectivity index (χ4v) is 3.43. The average Bonchev–Trinajstić information content (AvgIpc) is 2.83. The van der Waals surface area contributed by atoms with E-state index in [-0.39, 0.29) is 6.42 Å². The third kappa shape index (κ3) is 7.02. The van der Waals surface area contributed by atoms with Crippen molar-refractivity contribution < 1.29 is 43.0 Å². The van der Waals surface area contributed by atoms with Crippen LogP contribution in [0.2, 0.25) is 0 Å². The van der Waals surface area contributed by atoms with E-state index in [0.717, 1.165) is 26.9 Å². The second kappa shape index (κ2) is 12.3. The number of methoxy groups -OCH3 is 3. The molecule has 2 rings (SSSR count). The molecule has 1 aromatic rings. The number of amides is 3. The van der Waals surface area contributed by atoms with E-state index in [2.05, 4.69) is 30.2 Å². The van der Waals surface area contributed by atoms with Gasteiger partial charge in [-0.2, -0.15) is 0 Å². The van der Waals surface area contributed by atoms with Gasteiger partial charge in [0.2, 0.25) is 17.7 Å². The van der Waals surface area contributed by atoms with E-state index in [1.165, 1.54) is 0 Å². The Bertz CT molecular complexity index is 935. The lowest BCUT2D eigenvalue weighted by molar-refractivity contribution is -0.159. The van der Waals surface area contributed by atoms with Crippen molar-refractivity contribution >= 4 is 35.6 Å². The molecule has 1 heterocycles. The standard InChI is InChI=1S/C22H27N3O9/c1-32-17(27)10-13(21(30)33-2)18(22(31)34-3)25-16(26)11-15-20(29)23-14(19(28)24-15)9-12-7-5-4-6-8-12/h4-8,13-15,18H,9-11H2,1-3H3,(H,23,29)(H,24,28)(H,25,26)/t13-,14+,15+,18+/m1/s1. The van der Waals surface area contributed by atoms with Crippen molar-refractivity contribution in [3.05, 3.63) is 35.9 Å². The van der Waals surface area contributed by atoms with Gasteiger partial charge in [-0.25, -0.2) is 4.79 Å². The van der Waals surface area contributed by atoms with Gasteiger partial charge in [-0.15, -0.1) is 0 Å². The molecule has 3 N–H and O–H groups in total. The predicted octanol–water partition coefficient (Wildman–Crippen LogP) is -1.39. The maximum Gasteiger partial charge on any atom is 0.329 e. The van der Waals surface area contributed by atoms with E-state index in [1.807, 2.05) is 30.3 Å². The Kier molecular flexibility index (Phi) is 9.53. The van der Waals surface area contributed by atoms with Crippen molar-refractivity contribution in [1.82, 2.24) is 16.0 Å². The number of hydrogen-bond acceptors (Lipinski definition) is 9. The number of carbonyl (C=O) groups is 6. The summed E-state index contributed by atoms with van der Waals surface area (Å²) in [6, 6.07) is 5.49. The van der Waals surface area contributed by atoms with Gasteiger partial charge in [0.15, 0.2) is 0 Å². The first-order valence-electron chi connectivity index (χ1n) is 10.4. The number of ether oxygens (including phenoxy) is 3.